The lowest BCUT2D eigenvalue weighted by atomic mass is 10.2. The number of imidazole rings is 1. The average Bonchev–Trinajstić information content (AvgIpc) is 2.96. The minimum atomic E-state index is 0.491. The Balaban J connectivity index is 2.10. The number of nitrogens with zero attached hydrogens (tertiary/aromatic N) is 3. The van der Waals surface area contributed by atoms with Gasteiger partial charge in [-0.3, -0.25) is 0 Å². The molecule has 1 atom stereocenters. The van der Waals surface area contributed by atoms with Gasteiger partial charge in [-0.2, -0.15) is 0 Å². The third kappa shape index (κ3) is 2.80. The molecule has 1 fully saturated rings. The van der Waals surface area contributed by atoms with Gasteiger partial charge in [-0.05, 0) is 40.2 Å². The van der Waals surface area contributed by atoms with Gasteiger partial charge in [0.2, 0.25) is 5.95 Å². The number of anilines is 1. The van der Waals surface area contributed by atoms with E-state index in [0.29, 0.717) is 12.1 Å². The summed E-state index contributed by atoms with van der Waals surface area (Å²) in [6, 6.07) is 1.12. The van der Waals surface area contributed by atoms with Gasteiger partial charge in [-0.1, -0.05) is 0 Å². The second kappa shape index (κ2) is 5.54. The molecule has 1 unspecified atom stereocenters. The molecule has 0 spiro atoms. The van der Waals surface area contributed by atoms with Crippen molar-refractivity contribution in [1.82, 2.24) is 14.9 Å². The Labute approximate surface area is 104 Å². The number of rotatable bonds is 5. The molecule has 0 bridgehead atoms. The van der Waals surface area contributed by atoms with Crippen molar-refractivity contribution in [2.24, 2.45) is 0 Å². The molecule has 1 N–H and O–H groups in total. The Morgan fingerprint density at radius 1 is 1.59 bits per heavy atom. The van der Waals surface area contributed by atoms with Crippen molar-refractivity contribution in [3.05, 3.63) is 12.4 Å². The minimum Gasteiger partial charge on any atom is -0.338 e. The van der Waals surface area contributed by atoms with Crippen molar-refractivity contribution in [3.8, 4) is 0 Å². The largest absolute Gasteiger partial charge is 0.338 e. The number of aromatic nitrogens is 2. The smallest absolute Gasteiger partial charge is 0.205 e. The summed E-state index contributed by atoms with van der Waals surface area (Å²) in [4.78, 5) is 6.92. The molecule has 2 heterocycles. The zero-order valence-electron chi connectivity index (χ0n) is 11.2. The molecule has 0 saturated carbocycles. The topological polar surface area (TPSA) is 33.1 Å². The van der Waals surface area contributed by atoms with Crippen LogP contribution in [0.2, 0.25) is 0 Å². The fraction of sp³-hybridized carbons (Fsp3) is 0.769. The maximum atomic E-state index is 4.51. The maximum Gasteiger partial charge on any atom is 0.205 e. The van der Waals surface area contributed by atoms with Crippen LogP contribution in [-0.4, -0.2) is 34.7 Å². The van der Waals surface area contributed by atoms with E-state index in [2.05, 4.69) is 46.7 Å². The first-order chi connectivity index (χ1) is 8.22. The Bertz CT molecular complexity index is 339. The Morgan fingerprint density at radius 2 is 2.41 bits per heavy atom. The van der Waals surface area contributed by atoms with Crippen LogP contribution in [0.1, 0.15) is 33.6 Å². The fourth-order valence-electron chi connectivity index (χ4n) is 2.48. The summed E-state index contributed by atoms with van der Waals surface area (Å²) in [5.41, 5.74) is 0. The van der Waals surface area contributed by atoms with E-state index >= 15 is 0 Å². The van der Waals surface area contributed by atoms with Gasteiger partial charge in [0.25, 0.3) is 0 Å². The van der Waals surface area contributed by atoms with Crippen molar-refractivity contribution >= 4 is 5.95 Å². The summed E-state index contributed by atoms with van der Waals surface area (Å²) in [5, 5.41) is 3.56. The summed E-state index contributed by atoms with van der Waals surface area (Å²) < 4.78 is 2.22. The zero-order chi connectivity index (χ0) is 12.3. The molecule has 2 rings (SSSR count). The first-order valence-corrected chi connectivity index (χ1v) is 6.73. The SMILES string of the molecule is CCn1ccnc1N(CC1CCCN1)C(C)C. The lowest BCUT2D eigenvalue weighted by Crippen LogP contribution is -2.42. The highest BCUT2D eigenvalue weighted by Crippen LogP contribution is 2.17. The predicted molar refractivity (Wildman–Crippen MR) is 71.4 cm³/mol. The van der Waals surface area contributed by atoms with Crippen molar-refractivity contribution in [2.45, 2.75) is 52.2 Å². The lowest BCUT2D eigenvalue weighted by molar-refractivity contribution is 0.535. The van der Waals surface area contributed by atoms with Crippen molar-refractivity contribution < 1.29 is 0 Å². The summed E-state index contributed by atoms with van der Waals surface area (Å²) >= 11 is 0. The predicted octanol–water partition coefficient (Wildman–Crippen LogP) is 1.87. The van der Waals surface area contributed by atoms with Crippen LogP contribution in [0.3, 0.4) is 0 Å². The molecule has 0 radical (unpaired) electrons. The van der Waals surface area contributed by atoms with Crippen LogP contribution in [0.25, 0.3) is 0 Å². The van der Waals surface area contributed by atoms with E-state index in [1.54, 1.807) is 0 Å². The van der Waals surface area contributed by atoms with E-state index in [9.17, 15) is 0 Å². The highest BCUT2D eigenvalue weighted by atomic mass is 15.3. The van der Waals surface area contributed by atoms with Gasteiger partial charge >= 0.3 is 0 Å². The summed E-state index contributed by atoms with van der Waals surface area (Å²) in [6.07, 6.45) is 6.55. The van der Waals surface area contributed by atoms with Crippen molar-refractivity contribution in [3.63, 3.8) is 0 Å². The molecule has 0 aromatic carbocycles. The molecular formula is C13H24N4. The molecule has 96 valence electrons. The molecule has 1 aromatic heterocycles. The number of hydrogen-bond donors (Lipinski definition) is 1. The Morgan fingerprint density at radius 3 is 3.00 bits per heavy atom. The summed E-state index contributed by atoms with van der Waals surface area (Å²) in [6.45, 7) is 9.86. The summed E-state index contributed by atoms with van der Waals surface area (Å²) in [7, 11) is 0. The third-order valence-electron chi connectivity index (χ3n) is 3.49. The maximum absolute atomic E-state index is 4.51. The molecular weight excluding hydrogens is 212 g/mol. The molecule has 17 heavy (non-hydrogen) atoms. The molecule has 4 heteroatoms. The Hall–Kier alpha value is -1.03. The van der Waals surface area contributed by atoms with E-state index in [1.807, 2.05) is 6.20 Å². The van der Waals surface area contributed by atoms with Gasteiger partial charge in [0, 0.05) is 37.6 Å². The minimum absolute atomic E-state index is 0.491. The standard InChI is InChI=1S/C13H24N4/c1-4-16-9-8-15-13(16)17(11(2)3)10-12-6-5-7-14-12/h8-9,11-12,14H,4-7,10H2,1-3H3. The van der Waals surface area contributed by atoms with E-state index in [1.165, 1.54) is 19.4 Å². The number of hydrogen-bond acceptors (Lipinski definition) is 3. The number of nitrogens with one attached hydrogen (secondary N) is 1. The van der Waals surface area contributed by atoms with Gasteiger partial charge in [0.05, 0.1) is 0 Å². The first kappa shape index (κ1) is 12.4. The average molecular weight is 236 g/mol. The van der Waals surface area contributed by atoms with Crippen LogP contribution in [-0.2, 0) is 6.54 Å². The molecule has 1 saturated heterocycles. The molecule has 0 aliphatic carbocycles. The van der Waals surface area contributed by atoms with Gasteiger partial charge < -0.3 is 14.8 Å². The van der Waals surface area contributed by atoms with E-state index in [4.69, 9.17) is 0 Å². The number of aryl methyl sites for hydroxylation is 1. The van der Waals surface area contributed by atoms with E-state index in [-0.39, 0.29) is 0 Å². The fourth-order valence-corrected chi connectivity index (χ4v) is 2.48. The molecule has 0 amide bonds. The molecule has 1 aliphatic heterocycles. The van der Waals surface area contributed by atoms with Gasteiger partial charge in [0.15, 0.2) is 0 Å². The van der Waals surface area contributed by atoms with Crippen LogP contribution in [0.15, 0.2) is 12.4 Å². The molecule has 4 nitrogen and oxygen atoms in total. The second-order valence-corrected chi connectivity index (χ2v) is 5.05. The Kier molecular flexibility index (Phi) is 4.05. The highest BCUT2D eigenvalue weighted by Gasteiger charge is 2.22. The van der Waals surface area contributed by atoms with Gasteiger partial charge in [0.1, 0.15) is 0 Å². The normalized spacial score (nSPS) is 20.1. The van der Waals surface area contributed by atoms with Crippen LogP contribution in [0.5, 0.6) is 0 Å². The lowest BCUT2D eigenvalue weighted by Gasteiger charge is -2.30. The molecule has 1 aliphatic rings. The zero-order valence-corrected chi connectivity index (χ0v) is 11.2. The van der Waals surface area contributed by atoms with Crippen LogP contribution in [0.4, 0.5) is 5.95 Å². The van der Waals surface area contributed by atoms with Crippen molar-refractivity contribution in [2.75, 3.05) is 18.0 Å². The monoisotopic (exact) mass is 236 g/mol. The quantitative estimate of drug-likeness (QED) is 0.847. The third-order valence-corrected chi connectivity index (χ3v) is 3.49. The van der Waals surface area contributed by atoms with Gasteiger partial charge in [-0.15, -0.1) is 0 Å². The van der Waals surface area contributed by atoms with E-state index in [0.717, 1.165) is 19.0 Å². The van der Waals surface area contributed by atoms with Crippen LogP contribution < -0.4 is 10.2 Å². The van der Waals surface area contributed by atoms with Crippen molar-refractivity contribution in [1.29, 1.82) is 0 Å². The van der Waals surface area contributed by atoms with Gasteiger partial charge in [-0.25, -0.2) is 4.98 Å². The summed E-state index contributed by atoms with van der Waals surface area (Å²) in [5.74, 6) is 1.11. The van der Waals surface area contributed by atoms with Crippen LogP contribution in [0, 0.1) is 0 Å². The van der Waals surface area contributed by atoms with E-state index < -0.39 is 0 Å². The van der Waals surface area contributed by atoms with Crippen LogP contribution >= 0.6 is 0 Å². The highest BCUT2D eigenvalue weighted by molar-refractivity contribution is 5.33. The first-order valence-electron chi connectivity index (χ1n) is 6.73. The molecule has 1 aromatic rings. The second-order valence-electron chi connectivity index (χ2n) is 5.05.